The Kier molecular flexibility index (Phi) is 4.74. The zero-order valence-electron chi connectivity index (χ0n) is 10.9. The number of urea groups is 1. The lowest BCUT2D eigenvalue weighted by Gasteiger charge is -2.28. The van der Waals surface area contributed by atoms with Crippen molar-refractivity contribution in [2.75, 3.05) is 11.9 Å². The van der Waals surface area contributed by atoms with E-state index in [4.69, 9.17) is 5.73 Å². The van der Waals surface area contributed by atoms with E-state index >= 15 is 0 Å². The second-order valence-corrected chi connectivity index (χ2v) is 5.05. The summed E-state index contributed by atoms with van der Waals surface area (Å²) in [6, 6.07) is 5.59. The van der Waals surface area contributed by atoms with Crippen molar-refractivity contribution in [3.63, 3.8) is 0 Å². The molecule has 0 aromatic heterocycles. The normalized spacial score (nSPS) is 22.8. The van der Waals surface area contributed by atoms with Crippen LogP contribution in [0.2, 0.25) is 0 Å². The van der Waals surface area contributed by atoms with Gasteiger partial charge in [-0.25, -0.2) is 9.18 Å². The third-order valence-electron chi connectivity index (χ3n) is 3.59. The van der Waals surface area contributed by atoms with Gasteiger partial charge in [-0.3, -0.25) is 0 Å². The van der Waals surface area contributed by atoms with Crippen molar-refractivity contribution in [1.82, 2.24) is 5.32 Å². The highest BCUT2D eigenvalue weighted by atomic mass is 19.1. The fourth-order valence-corrected chi connectivity index (χ4v) is 2.42. The Morgan fingerprint density at radius 2 is 1.95 bits per heavy atom. The third kappa shape index (κ3) is 4.21. The van der Waals surface area contributed by atoms with Crippen LogP contribution in [0.1, 0.15) is 25.7 Å². The highest BCUT2D eigenvalue weighted by molar-refractivity contribution is 5.89. The van der Waals surface area contributed by atoms with Gasteiger partial charge in [0.15, 0.2) is 0 Å². The Balaban J connectivity index is 1.76. The highest BCUT2D eigenvalue weighted by Crippen LogP contribution is 2.22. The number of rotatable bonds is 3. The summed E-state index contributed by atoms with van der Waals surface area (Å²) in [6.07, 6.45) is 4.46. The quantitative estimate of drug-likeness (QED) is 0.786. The van der Waals surface area contributed by atoms with Gasteiger partial charge in [0, 0.05) is 18.3 Å². The van der Waals surface area contributed by atoms with Crippen molar-refractivity contribution >= 4 is 11.7 Å². The molecule has 1 aromatic rings. The molecule has 1 aliphatic rings. The first kappa shape index (κ1) is 13.8. The molecule has 1 fully saturated rings. The Hall–Kier alpha value is -1.62. The third-order valence-corrected chi connectivity index (χ3v) is 3.59. The van der Waals surface area contributed by atoms with Crippen LogP contribution in [0.25, 0.3) is 0 Å². The van der Waals surface area contributed by atoms with E-state index in [1.807, 2.05) is 0 Å². The summed E-state index contributed by atoms with van der Waals surface area (Å²) in [5.41, 5.74) is 6.60. The van der Waals surface area contributed by atoms with Crippen LogP contribution < -0.4 is 16.4 Å². The number of halogens is 1. The number of carbonyl (C=O) groups excluding carboxylic acids is 1. The first-order valence-electron chi connectivity index (χ1n) is 6.71. The molecule has 19 heavy (non-hydrogen) atoms. The summed E-state index contributed by atoms with van der Waals surface area (Å²) >= 11 is 0. The number of hydrogen-bond acceptors (Lipinski definition) is 2. The fourth-order valence-electron chi connectivity index (χ4n) is 2.42. The molecule has 2 rings (SSSR count). The predicted octanol–water partition coefficient (Wildman–Crippen LogP) is 2.46. The zero-order chi connectivity index (χ0) is 13.7. The molecule has 5 heteroatoms. The van der Waals surface area contributed by atoms with E-state index < -0.39 is 0 Å². The average molecular weight is 265 g/mol. The van der Waals surface area contributed by atoms with Crippen LogP contribution in [-0.2, 0) is 0 Å². The molecule has 4 N–H and O–H groups in total. The molecule has 0 bridgehead atoms. The van der Waals surface area contributed by atoms with Gasteiger partial charge in [-0.15, -0.1) is 0 Å². The fraction of sp³-hybridized carbons (Fsp3) is 0.500. The Morgan fingerprint density at radius 1 is 1.26 bits per heavy atom. The first-order valence-corrected chi connectivity index (χ1v) is 6.71. The minimum Gasteiger partial charge on any atom is -0.338 e. The maximum absolute atomic E-state index is 12.7. The molecule has 2 atom stereocenters. The van der Waals surface area contributed by atoms with E-state index in [9.17, 15) is 9.18 Å². The van der Waals surface area contributed by atoms with Gasteiger partial charge < -0.3 is 16.4 Å². The van der Waals surface area contributed by atoms with Crippen molar-refractivity contribution in [2.24, 2.45) is 11.7 Å². The standard InChI is InChI=1S/C14H20FN3O/c15-11-5-7-12(8-6-11)18-14(19)17-9-10-3-1-2-4-13(10)16/h5-8,10,13H,1-4,9,16H2,(H2,17,18,19). The topological polar surface area (TPSA) is 67.1 Å². The van der Waals surface area contributed by atoms with Crippen LogP contribution in [0, 0.1) is 11.7 Å². The molecule has 4 nitrogen and oxygen atoms in total. The summed E-state index contributed by atoms with van der Waals surface area (Å²) in [7, 11) is 0. The van der Waals surface area contributed by atoms with Crippen molar-refractivity contribution < 1.29 is 9.18 Å². The summed E-state index contributed by atoms with van der Waals surface area (Å²) in [5.74, 6) is 0.0341. The summed E-state index contributed by atoms with van der Waals surface area (Å²) in [4.78, 5) is 11.7. The molecule has 1 aliphatic carbocycles. The first-order chi connectivity index (χ1) is 9.15. The lowest BCUT2D eigenvalue weighted by molar-refractivity contribution is 0.244. The Morgan fingerprint density at radius 3 is 2.63 bits per heavy atom. The van der Waals surface area contributed by atoms with Crippen LogP contribution in [0.4, 0.5) is 14.9 Å². The van der Waals surface area contributed by atoms with E-state index in [0.717, 1.165) is 12.8 Å². The SMILES string of the molecule is NC1CCCCC1CNC(=O)Nc1ccc(F)cc1. The smallest absolute Gasteiger partial charge is 0.319 e. The minimum absolute atomic E-state index is 0.180. The highest BCUT2D eigenvalue weighted by Gasteiger charge is 2.21. The summed E-state index contributed by atoms with van der Waals surface area (Å²) in [6.45, 7) is 0.591. The number of hydrogen-bond donors (Lipinski definition) is 3. The Bertz CT molecular complexity index is 421. The minimum atomic E-state index is -0.320. The van der Waals surface area contributed by atoms with Crippen molar-refractivity contribution in [2.45, 2.75) is 31.7 Å². The van der Waals surface area contributed by atoms with Gasteiger partial charge in [0.2, 0.25) is 0 Å². The lowest BCUT2D eigenvalue weighted by Crippen LogP contribution is -2.42. The van der Waals surface area contributed by atoms with E-state index in [0.29, 0.717) is 18.2 Å². The molecule has 0 saturated heterocycles. The zero-order valence-corrected chi connectivity index (χ0v) is 10.9. The molecule has 104 valence electrons. The molecule has 0 aliphatic heterocycles. The van der Waals surface area contributed by atoms with Gasteiger partial charge in [0.25, 0.3) is 0 Å². The second kappa shape index (κ2) is 6.52. The number of carbonyl (C=O) groups is 1. The van der Waals surface area contributed by atoms with E-state index in [1.165, 1.54) is 37.1 Å². The number of nitrogens with two attached hydrogens (primary N) is 1. The Labute approximate surface area is 112 Å². The van der Waals surface area contributed by atoms with Crippen LogP contribution in [0.15, 0.2) is 24.3 Å². The van der Waals surface area contributed by atoms with Crippen LogP contribution in [0.3, 0.4) is 0 Å². The second-order valence-electron chi connectivity index (χ2n) is 5.05. The van der Waals surface area contributed by atoms with Crippen LogP contribution in [-0.4, -0.2) is 18.6 Å². The maximum atomic E-state index is 12.7. The van der Waals surface area contributed by atoms with Gasteiger partial charge in [0.05, 0.1) is 0 Å². The summed E-state index contributed by atoms with van der Waals surface area (Å²) in [5, 5.41) is 5.49. The molecule has 0 radical (unpaired) electrons. The average Bonchev–Trinajstić information content (AvgIpc) is 2.40. The molecule has 0 heterocycles. The van der Waals surface area contributed by atoms with Gasteiger partial charge >= 0.3 is 6.03 Å². The monoisotopic (exact) mass is 265 g/mol. The van der Waals surface area contributed by atoms with Crippen LogP contribution >= 0.6 is 0 Å². The number of benzene rings is 1. The van der Waals surface area contributed by atoms with Crippen molar-refractivity contribution in [3.8, 4) is 0 Å². The van der Waals surface area contributed by atoms with E-state index in [-0.39, 0.29) is 17.9 Å². The lowest BCUT2D eigenvalue weighted by atomic mass is 9.85. The molecular formula is C14H20FN3O. The van der Waals surface area contributed by atoms with Crippen molar-refractivity contribution in [3.05, 3.63) is 30.1 Å². The van der Waals surface area contributed by atoms with Gasteiger partial charge in [0.1, 0.15) is 5.82 Å². The molecule has 2 unspecified atom stereocenters. The number of anilines is 1. The van der Waals surface area contributed by atoms with Gasteiger partial charge in [-0.2, -0.15) is 0 Å². The summed E-state index contributed by atoms with van der Waals surface area (Å²) < 4.78 is 12.7. The molecule has 2 amide bonds. The van der Waals surface area contributed by atoms with Gasteiger partial charge in [-0.05, 0) is 43.0 Å². The van der Waals surface area contributed by atoms with E-state index in [1.54, 1.807) is 0 Å². The van der Waals surface area contributed by atoms with Gasteiger partial charge in [-0.1, -0.05) is 12.8 Å². The molecular weight excluding hydrogens is 245 g/mol. The maximum Gasteiger partial charge on any atom is 0.319 e. The molecule has 1 saturated carbocycles. The van der Waals surface area contributed by atoms with E-state index in [2.05, 4.69) is 10.6 Å². The number of nitrogens with one attached hydrogen (secondary N) is 2. The number of amides is 2. The molecule has 1 aromatic carbocycles. The predicted molar refractivity (Wildman–Crippen MR) is 73.4 cm³/mol. The molecule has 0 spiro atoms. The van der Waals surface area contributed by atoms with Crippen molar-refractivity contribution in [1.29, 1.82) is 0 Å². The van der Waals surface area contributed by atoms with Crippen LogP contribution in [0.5, 0.6) is 0 Å². The largest absolute Gasteiger partial charge is 0.338 e.